The van der Waals surface area contributed by atoms with Crippen LogP contribution in [0, 0.1) is 17.8 Å². The average molecular weight is 253 g/mol. The minimum atomic E-state index is -0.0175. The molecule has 1 amide bonds. The van der Waals surface area contributed by atoms with Gasteiger partial charge in [-0.15, -0.1) is 0 Å². The molecule has 2 fully saturated rings. The number of carbonyl (C=O) groups excluding carboxylic acids is 1. The Balaban J connectivity index is 1.83. The molecule has 3 unspecified atom stereocenters. The van der Waals surface area contributed by atoms with E-state index in [0.717, 1.165) is 6.42 Å². The smallest absolute Gasteiger partial charge is 0.223 e. The molecule has 0 aromatic carbocycles. The van der Waals surface area contributed by atoms with Crippen LogP contribution in [0.4, 0.5) is 0 Å². The molecule has 2 aliphatic rings. The van der Waals surface area contributed by atoms with Gasteiger partial charge in [0.05, 0.1) is 0 Å². The number of nitrogens with one attached hydrogen (secondary N) is 1. The predicted molar refractivity (Wildman–Crippen MR) is 69.2 cm³/mol. The molecule has 0 spiro atoms. The molecule has 102 valence electrons. The van der Waals surface area contributed by atoms with Gasteiger partial charge in [0.15, 0.2) is 0 Å². The van der Waals surface area contributed by atoms with Gasteiger partial charge >= 0.3 is 0 Å². The highest BCUT2D eigenvalue weighted by Gasteiger charge is 2.54. The van der Waals surface area contributed by atoms with Crippen LogP contribution < -0.4 is 11.1 Å². The maximum Gasteiger partial charge on any atom is 0.223 e. The Morgan fingerprint density at radius 1 is 1.44 bits per heavy atom. The maximum atomic E-state index is 12.2. The number of rotatable bonds is 5. The van der Waals surface area contributed by atoms with E-state index < -0.39 is 0 Å². The van der Waals surface area contributed by atoms with Gasteiger partial charge in [-0.25, -0.2) is 0 Å². The van der Waals surface area contributed by atoms with Crippen LogP contribution in [0.5, 0.6) is 0 Å². The van der Waals surface area contributed by atoms with Crippen LogP contribution in [-0.4, -0.2) is 23.0 Å². The quantitative estimate of drug-likeness (QED) is 0.300. The summed E-state index contributed by atoms with van der Waals surface area (Å²) in [6.07, 6.45) is 6.17. The fourth-order valence-corrected chi connectivity index (χ4v) is 3.27. The highest BCUT2D eigenvalue weighted by molar-refractivity contribution is 5.84. The lowest BCUT2D eigenvalue weighted by Gasteiger charge is -2.16. The van der Waals surface area contributed by atoms with Crippen LogP contribution in [0.25, 0.3) is 0 Å². The van der Waals surface area contributed by atoms with Crippen LogP contribution in [0.15, 0.2) is 5.16 Å². The molecule has 5 heteroatoms. The second kappa shape index (κ2) is 5.59. The number of fused-ring (bicyclic) bond motifs is 1. The molecule has 0 heterocycles. The first-order valence-electron chi connectivity index (χ1n) is 6.94. The lowest BCUT2D eigenvalue weighted by molar-refractivity contribution is -0.123. The molecule has 0 aromatic rings. The van der Waals surface area contributed by atoms with E-state index in [1.807, 2.05) is 6.92 Å². The van der Waals surface area contributed by atoms with Crippen LogP contribution in [0.1, 0.15) is 45.4 Å². The van der Waals surface area contributed by atoms with Crippen molar-refractivity contribution in [1.29, 1.82) is 0 Å². The SMILES string of the molecule is CCC(CC(N)=NO)NC(=O)C1C2CCCCC21. The molecule has 2 aliphatic carbocycles. The third-order valence-electron chi connectivity index (χ3n) is 4.38. The summed E-state index contributed by atoms with van der Waals surface area (Å²) in [6, 6.07) is -0.0175. The van der Waals surface area contributed by atoms with Crippen molar-refractivity contribution in [2.75, 3.05) is 0 Å². The Morgan fingerprint density at radius 3 is 2.56 bits per heavy atom. The Kier molecular flexibility index (Phi) is 4.09. The van der Waals surface area contributed by atoms with Crippen molar-refractivity contribution >= 4 is 11.7 Å². The van der Waals surface area contributed by atoms with Crippen molar-refractivity contribution in [1.82, 2.24) is 5.32 Å². The maximum absolute atomic E-state index is 12.2. The summed E-state index contributed by atoms with van der Waals surface area (Å²) in [5.74, 6) is 1.83. The summed E-state index contributed by atoms with van der Waals surface area (Å²) in [4.78, 5) is 12.2. The van der Waals surface area contributed by atoms with E-state index in [0.29, 0.717) is 18.3 Å². The number of amidine groups is 1. The number of oxime groups is 1. The molecule has 2 saturated carbocycles. The summed E-state index contributed by atoms with van der Waals surface area (Å²) in [5.41, 5.74) is 5.48. The third-order valence-corrected chi connectivity index (χ3v) is 4.38. The van der Waals surface area contributed by atoms with Gasteiger partial charge in [0.1, 0.15) is 5.84 Å². The van der Waals surface area contributed by atoms with E-state index >= 15 is 0 Å². The van der Waals surface area contributed by atoms with Gasteiger partial charge in [-0.2, -0.15) is 0 Å². The molecule has 18 heavy (non-hydrogen) atoms. The van der Waals surface area contributed by atoms with Crippen molar-refractivity contribution < 1.29 is 10.0 Å². The molecule has 0 aromatic heterocycles. The summed E-state index contributed by atoms with van der Waals surface area (Å²) in [7, 11) is 0. The van der Waals surface area contributed by atoms with E-state index in [9.17, 15) is 4.79 Å². The van der Waals surface area contributed by atoms with Gasteiger partial charge in [-0.3, -0.25) is 4.79 Å². The van der Waals surface area contributed by atoms with E-state index in [1.165, 1.54) is 25.7 Å². The molecule has 0 saturated heterocycles. The fraction of sp³-hybridized carbons (Fsp3) is 0.846. The van der Waals surface area contributed by atoms with Gasteiger partial charge in [-0.1, -0.05) is 24.9 Å². The van der Waals surface area contributed by atoms with Crippen molar-refractivity contribution in [2.45, 2.75) is 51.5 Å². The average Bonchev–Trinajstić information content (AvgIpc) is 3.11. The number of hydrogen-bond acceptors (Lipinski definition) is 3. The zero-order valence-corrected chi connectivity index (χ0v) is 10.9. The van der Waals surface area contributed by atoms with Crippen LogP contribution in [0.2, 0.25) is 0 Å². The molecular weight excluding hydrogens is 230 g/mol. The first-order valence-corrected chi connectivity index (χ1v) is 6.94. The number of nitrogens with zero attached hydrogens (tertiary/aromatic N) is 1. The van der Waals surface area contributed by atoms with Gasteiger partial charge in [0.2, 0.25) is 5.91 Å². The van der Waals surface area contributed by atoms with E-state index in [1.54, 1.807) is 0 Å². The van der Waals surface area contributed by atoms with Gasteiger partial charge < -0.3 is 16.3 Å². The molecule has 0 bridgehead atoms. The minimum Gasteiger partial charge on any atom is -0.409 e. The lowest BCUT2D eigenvalue weighted by atomic mass is 10.0. The second-order valence-corrected chi connectivity index (χ2v) is 5.55. The van der Waals surface area contributed by atoms with Crippen LogP contribution >= 0.6 is 0 Å². The molecule has 5 nitrogen and oxygen atoms in total. The molecule has 4 N–H and O–H groups in total. The van der Waals surface area contributed by atoms with Gasteiger partial charge in [0, 0.05) is 18.4 Å². The minimum absolute atomic E-state index is 0.0175. The normalized spacial score (nSPS) is 32.5. The molecule has 2 rings (SSSR count). The number of carbonyl (C=O) groups is 1. The zero-order chi connectivity index (χ0) is 13.1. The largest absolute Gasteiger partial charge is 0.409 e. The predicted octanol–water partition coefficient (Wildman–Crippen LogP) is 1.45. The second-order valence-electron chi connectivity index (χ2n) is 5.55. The molecular formula is C13H23N3O2. The Hall–Kier alpha value is -1.26. The van der Waals surface area contributed by atoms with Crippen molar-refractivity contribution in [3.63, 3.8) is 0 Å². The molecule has 3 atom stereocenters. The zero-order valence-electron chi connectivity index (χ0n) is 10.9. The van der Waals surface area contributed by atoms with E-state index in [-0.39, 0.29) is 23.7 Å². The van der Waals surface area contributed by atoms with Crippen LogP contribution in [-0.2, 0) is 4.79 Å². The third kappa shape index (κ3) is 2.76. The summed E-state index contributed by atoms with van der Waals surface area (Å²) in [6.45, 7) is 2.00. The van der Waals surface area contributed by atoms with E-state index in [4.69, 9.17) is 10.9 Å². The van der Waals surface area contributed by atoms with Crippen molar-refractivity contribution in [3.05, 3.63) is 0 Å². The number of amides is 1. The Labute approximate surface area is 108 Å². The monoisotopic (exact) mass is 253 g/mol. The highest BCUT2D eigenvalue weighted by atomic mass is 16.4. The Morgan fingerprint density at radius 2 is 2.06 bits per heavy atom. The summed E-state index contributed by atoms with van der Waals surface area (Å²) < 4.78 is 0. The standard InChI is InChI=1S/C13H23N3O2/c1-2-8(7-11(14)16-18)15-13(17)12-9-5-3-4-6-10(9)12/h8-10,12,18H,2-7H2,1H3,(H2,14,16)(H,15,17). The Bertz CT molecular complexity index is 331. The van der Waals surface area contributed by atoms with Crippen LogP contribution in [0.3, 0.4) is 0 Å². The van der Waals surface area contributed by atoms with Crippen molar-refractivity contribution in [2.24, 2.45) is 28.6 Å². The topological polar surface area (TPSA) is 87.7 Å². The van der Waals surface area contributed by atoms with Gasteiger partial charge in [-0.05, 0) is 31.1 Å². The van der Waals surface area contributed by atoms with Gasteiger partial charge in [0.25, 0.3) is 0 Å². The fourth-order valence-electron chi connectivity index (χ4n) is 3.27. The lowest BCUT2D eigenvalue weighted by Crippen LogP contribution is -2.38. The van der Waals surface area contributed by atoms with E-state index in [2.05, 4.69) is 10.5 Å². The molecule has 0 aliphatic heterocycles. The summed E-state index contributed by atoms with van der Waals surface area (Å²) in [5, 5.41) is 14.6. The number of hydrogen-bond donors (Lipinski definition) is 3. The molecule has 0 radical (unpaired) electrons. The highest BCUT2D eigenvalue weighted by Crippen LogP contribution is 2.55. The summed E-state index contributed by atoms with van der Waals surface area (Å²) >= 11 is 0. The first-order chi connectivity index (χ1) is 8.67. The first kappa shape index (κ1) is 13.2. The van der Waals surface area contributed by atoms with Crippen molar-refractivity contribution in [3.8, 4) is 0 Å². The number of nitrogens with two attached hydrogens (primary N) is 1.